The van der Waals surface area contributed by atoms with Gasteiger partial charge in [0.2, 0.25) is 11.9 Å². The number of guanidine groups is 2. The van der Waals surface area contributed by atoms with Crippen LogP contribution in [0.2, 0.25) is 5.02 Å². The lowest BCUT2D eigenvalue weighted by atomic mass is 10.2. The number of halogens is 2. The number of benzene rings is 1. The molecule has 0 amide bonds. The molecule has 0 saturated heterocycles. The van der Waals surface area contributed by atoms with E-state index in [1.165, 1.54) is 5.06 Å². The zero-order valence-corrected chi connectivity index (χ0v) is 16.5. The van der Waals surface area contributed by atoms with E-state index >= 15 is 0 Å². The van der Waals surface area contributed by atoms with E-state index in [-0.39, 0.29) is 24.3 Å². The van der Waals surface area contributed by atoms with Crippen molar-refractivity contribution >= 4 is 47.7 Å². The normalized spacial score (nSPS) is 16.5. The average Bonchev–Trinajstić information content (AvgIpc) is 2.39. The van der Waals surface area contributed by atoms with Crippen molar-refractivity contribution in [1.29, 1.82) is 0 Å². The molecule has 1 aliphatic rings. The number of hydroxylamine groups is 2. The molecule has 1 aromatic carbocycles. The molecular weight excluding hydrogens is 369 g/mol. The fraction of sp³-hybridized carbons (Fsp3) is 0.467. The molecule has 0 saturated carbocycles. The average molecular weight is 392 g/mol. The highest BCUT2D eigenvalue weighted by atomic mass is 35.5. The topological polar surface area (TPSA) is 89.2 Å². The van der Waals surface area contributed by atoms with Gasteiger partial charge < -0.3 is 11.5 Å². The third kappa shape index (κ3) is 5.17. The second kappa shape index (κ2) is 8.29. The molecule has 0 atom stereocenters. The lowest BCUT2D eigenvalue weighted by Gasteiger charge is -2.36. The summed E-state index contributed by atoms with van der Waals surface area (Å²) in [6, 6.07) is 5.77. The van der Waals surface area contributed by atoms with Gasteiger partial charge in [-0.2, -0.15) is 10.1 Å². The van der Waals surface area contributed by atoms with Gasteiger partial charge in [0.25, 0.3) is 0 Å². The molecule has 1 aromatic rings. The van der Waals surface area contributed by atoms with Crippen molar-refractivity contribution in [1.82, 2.24) is 5.06 Å². The fourth-order valence-electron chi connectivity index (χ4n) is 2.18. The molecule has 24 heavy (non-hydrogen) atoms. The van der Waals surface area contributed by atoms with Crippen LogP contribution in [0.25, 0.3) is 0 Å². The van der Waals surface area contributed by atoms with Crippen LogP contribution in [-0.2, 0) is 11.4 Å². The van der Waals surface area contributed by atoms with Crippen LogP contribution in [-0.4, -0.2) is 27.9 Å². The number of nitrogens with two attached hydrogens (primary N) is 2. The summed E-state index contributed by atoms with van der Waals surface area (Å²) in [5, 5.41) is 2.59. The maximum Gasteiger partial charge on any atom is 0.226 e. The van der Waals surface area contributed by atoms with Gasteiger partial charge in [-0.3, -0.25) is 4.84 Å². The second-order valence-corrected chi connectivity index (χ2v) is 7.98. The van der Waals surface area contributed by atoms with Gasteiger partial charge in [0.15, 0.2) is 5.66 Å². The molecule has 134 valence electrons. The quantitative estimate of drug-likeness (QED) is 0.750. The molecule has 0 fully saturated rings. The molecule has 0 aliphatic carbocycles. The Morgan fingerprint density at radius 2 is 2.00 bits per heavy atom. The van der Waals surface area contributed by atoms with Crippen molar-refractivity contribution in [2.24, 2.45) is 21.5 Å². The highest BCUT2D eigenvalue weighted by Crippen LogP contribution is 2.30. The van der Waals surface area contributed by atoms with E-state index in [4.69, 9.17) is 27.9 Å². The van der Waals surface area contributed by atoms with Gasteiger partial charge in [0, 0.05) is 15.2 Å². The number of hydrogen-bond donors (Lipinski definition) is 2. The predicted octanol–water partition coefficient (Wildman–Crippen LogP) is 3.38. The Balaban J connectivity index is 0.00000288. The van der Waals surface area contributed by atoms with E-state index in [2.05, 4.69) is 23.8 Å². The number of hydrogen-bond acceptors (Lipinski definition) is 7. The molecule has 0 radical (unpaired) electrons. The summed E-state index contributed by atoms with van der Waals surface area (Å²) in [4.78, 5) is 15.2. The van der Waals surface area contributed by atoms with Crippen LogP contribution in [0.5, 0.6) is 0 Å². The minimum Gasteiger partial charge on any atom is -0.368 e. The molecule has 9 heteroatoms. The van der Waals surface area contributed by atoms with Crippen LogP contribution in [0.4, 0.5) is 0 Å². The molecular formula is C15H23Cl2N5OS. The van der Waals surface area contributed by atoms with Crippen molar-refractivity contribution in [2.75, 3.05) is 0 Å². The van der Waals surface area contributed by atoms with E-state index in [0.29, 0.717) is 16.9 Å². The van der Waals surface area contributed by atoms with Gasteiger partial charge in [-0.1, -0.05) is 25.4 Å². The number of thioether (sulfide) groups is 1. The highest BCUT2D eigenvalue weighted by molar-refractivity contribution is 8.00. The molecule has 2 rings (SSSR count). The first-order valence-electron chi connectivity index (χ1n) is 7.27. The van der Waals surface area contributed by atoms with Gasteiger partial charge >= 0.3 is 0 Å². The summed E-state index contributed by atoms with van der Waals surface area (Å²) in [7, 11) is 0. The highest BCUT2D eigenvalue weighted by Gasteiger charge is 2.33. The summed E-state index contributed by atoms with van der Waals surface area (Å²) in [5.41, 5.74) is 11.8. The van der Waals surface area contributed by atoms with Gasteiger partial charge in [-0.05, 0) is 37.6 Å². The largest absolute Gasteiger partial charge is 0.368 e. The minimum absolute atomic E-state index is 0. The van der Waals surface area contributed by atoms with Crippen LogP contribution in [0.1, 0.15) is 33.3 Å². The van der Waals surface area contributed by atoms with Gasteiger partial charge in [-0.15, -0.1) is 24.2 Å². The molecule has 0 spiro atoms. The van der Waals surface area contributed by atoms with Gasteiger partial charge in [-0.25, -0.2) is 4.99 Å². The first-order chi connectivity index (χ1) is 10.7. The Morgan fingerprint density at radius 3 is 2.58 bits per heavy atom. The van der Waals surface area contributed by atoms with E-state index in [1.54, 1.807) is 11.8 Å². The Labute approximate surface area is 158 Å². The lowest BCUT2D eigenvalue weighted by Crippen LogP contribution is -2.53. The first-order valence-corrected chi connectivity index (χ1v) is 8.52. The van der Waals surface area contributed by atoms with Crippen LogP contribution in [0.15, 0.2) is 33.1 Å². The fourth-order valence-corrected chi connectivity index (χ4v) is 3.30. The van der Waals surface area contributed by atoms with Gasteiger partial charge in [0.1, 0.15) is 6.61 Å². The van der Waals surface area contributed by atoms with Crippen LogP contribution in [0, 0.1) is 0 Å². The standard InChI is InChI=1S/C15H22ClN5OS.ClH/c1-9(2)23-12-6-5-11(16)7-10(12)8-22-21-14(18)19-13(17)20-15(21,3)4;/h5-7,9H,8H2,1-4H3,(H4,17,18,19,20);1H. The van der Waals surface area contributed by atoms with Crippen LogP contribution < -0.4 is 11.5 Å². The monoisotopic (exact) mass is 391 g/mol. The summed E-state index contributed by atoms with van der Waals surface area (Å²) in [6.45, 7) is 8.29. The minimum atomic E-state index is -0.722. The lowest BCUT2D eigenvalue weighted by molar-refractivity contribution is -0.167. The Bertz CT molecular complexity index is 649. The van der Waals surface area contributed by atoms with Crippen LogP contribution in [0.3, 0.4) is 0 Å². The first kappa shape index (κ1) is 20.9. The van der Waals surface area contributed by atoms with E-state index in [1.807, 2.05) is 32.0 Å². The number of rotatable bonds is 5. The number of aliphatic imine (C=N–C) groups is 2. The summed E-state index contributed by atoms with van der Waals surface area (Å²) in [5.74, 6) is 0.328. The van der Waals surface area contributed by atoms with Crippen molar-refractivity contribution in [3.05, 3.63) is 28.8 Å². The maximum atomic E-state index is 6.11. The second-order valence-electron chi connectivity index (χ2n) is 5.92. The van der Waals surface area contributed by atoms with Crippen molar-refractivity contribution < 1.29 is 4.84 Å². The molecule has 0 unspecified atom stereocenters. The van der Waals surface area contributed by atoms with Crippen molar-refractivity contribution in [3.63, 3.8) is 0 Å². The Kier molecular flexibility index (Phi) is 7.22. The molecule has 0 aromatic heterocycles. The summed E-state index contributed by atoms with van der Waals surface area (Å²) in [6.07, 6.45) is 0. The van der Waals surface area contributed by atoms with Gasteiger partial charge in [0.05, 0.1) is 0 Å². The molecule has 1 aliphatic heterocycles. The van der Waals surface area contributed by atoms with Crippen molar-refractivity contribution in [3.8, 4) is 0 Å². The van der Waals surface area contributed by atoms with E-state index in [0.717, 1.165) is 10.5 Å². The molecule has 0 bridgehead atoms. The Morgan fingerprint density at radius 1 is 1.33 bits per heavy atom. The Hall–Kier alpha value is -1.15. The zero-order chi connectivity index (χ0) is 17.2. The smallest absolute Gasteiger partial charge is 0.226 e. The number of nitrogens with zero attached hydrogens (tertiary/aromatic N) is 3. The van der Waals surface area contributed by atoms with Crippen molar-refractivity contribution in [2.45, 2.75) is 50.1 Å². The van der Waals surface area contributed by atoms with E-state index < -0.39 is 5.66 Å². The third-order valence-electron chi connectivity index (χ3n) is 3.06. The van der Waals surface area contributed by atoms with Crippen LogP contribution >= 0.6 is 35.8 Å². The maximum absolute atomic E-state index is 6.11. The zero-order valence-electron chi connectivity index (χ0n) is 14.1. The van der Waals surface area contributed by atoms with E-state index in [9.17, 15) is 0 Å². The molecule has 1 heterocycles. The molecule has 4 N–H and O–H groups in total. The summed E-state index contributed by atoms with van der Waals surface area (Å²) < 4.78 is 0. The SMILES string of the molecule is CC(C)Sc1ccc(Cl)cc1CON1C(N)=NC(N)=NC1(C)C.Cl. The molecule has 6 nitrogen and oxygen atoms in total. The summed E-state index contributed by atoms with van der Waals surface area (Å²) >= 11 is 7.87. The predicted molar refractivity (Wildman–Crippen MR) is 104 cm³/mol. The third-order valence-corrected chi connectivity index (χ3v) is 4.42.